The zero-order chi connectivity index (χ0) is 27.3. The maximum absolute atomic E-state index is 13.4. The quantitative estimate of drug-likeness (QED) is 0.266. The Morgan fingerprint density at radius 3 is 2.84 bits per heavy atom. The van der Waals surface area contributed by atoms with Gasteiger partial charge < -0.3 is 26.0 Å². The van der Waals surface area contributed by atoms with Gasteiger partial charge in [-0.25, -0.2) is 4.98 Å². The number of nitrogens with zero attached hydrogens (tertiary/aromatic N) is 2. The number of aromatic nitrogens is 2. The predicted octanol–water partition coefficient (Wildman–Crippen LogP) is 3.47. The van der Waals surface area contributed by atoms with Gasteiger partial charge in [-0.2, -0.15) is 13.2 Å². The monoisotopic (exact) mass is 546 g/mol. The first kappa shape index (κ1) is 27.0. The summed E-state index contributed by atoms with van der Waals surface area (Å²) in [6.45, 7) is 0.605. The number of carbonyl (C=O) groups is 2. The molecule has 0 bridgehead atoms. The van der Waals surface area contributed by atoms with E-state index in [0.29, 0.717) is 35.7 Å². The van der Waals surface area contributed by atoms with Crippen LogP contribution in [0, 0.1) is 11.8 Å². The third-order valence-electron chi connectivity index (χ3n) is 5.69. The molecule has 1 fully saturated rings. The van der Waals surface area contributed by atoms with Crippen molar-refractivity contribution in [3.05, 3.63) is 47.8 Å². The van der Waals surface area contributed by atoms with E-state index in [1.165, 1.54) is 24.8 Å². The Hall–Kier alpha value is -4.05. The lowest BCUT2D eigenvalue weighted by Crippen LogP contribution is -2.39. The van der Waals surface area contributed by atoms with Crippen LogP contribution in [-0.2, 0) is 4.79 Å². The van der Waals surface area contributed by atoms with Crippen LogP contribution in [0.3, 0.4) is 0 Å². The Labute approximate surface area is 220 Å². The van der Waals surface area contributed by atoms with Crippen LogP contribution in [0.15, 0.2) is 41.6 Å². The molecule has 0 unspecified atom stereocenters. The van der Waals surface area contributed by atoms with Crippen molar-refractivity contribution in [2.24, 2.45) is 0 Å². The van der Waals surface area contributed by atoms with E-state index >= 15 is 0 Å². The number of thioether (sulfide) groups is 1. The van der Waals surface area contributed by atoms with E-state index in [-0.39, 0.29) is 59.0 Å². The highest BCUT2D eigenvalue weighted by molar-refractivity contribution is 8.00. The number of piperidine rings is 1. The molecular weight excluding hydrogens is 521 g/mol. The summed E-state index contributed by atoms with van der Waals surface area (Å²) in [6.07, 6.45) is 2.44. The standard InChI is InChI=1S/C25H25F3N6O3S/c1-29-23(36)15-7-8-17(20(13-15)37-2)30-10-3-5-19-24(38-25(26,27)28)34-12-4-6-18(22(34)33-19)32-16-9-11-31-21(35)14-16/h4,6-8,12-13,16,30,32H,9-11,14H2,1-2H3,(H,29,36)(H,31,35)/t16-/m1/s1. The van der Waals surface area contributed by atoms with Crippen LogP contribution < -0.4 is 26.0 Å². The lowest BCUT2D eigenvalue weighted by molar-refractivity contribution is -0.122. The normalized spacial score (nSPS) is 15.3. The van der Waals surface area contributed by atoms with Crippen molar-refractivity contribution in [2.75, 3.05) is 37.9 Å². The number of pyridine rings is 1. The van der Waals surface area contributed by atoms with Crippen molar-refractivity contribution in [1.29, 1.82) is 0 Å². The predicted molar refractivity (Wildman–Crippen MR) is 139 cm³/mol. The van der Waals surface area contributed by atoms with Crippen LogP contribution >= 0.6 is 11.8 Å². The number of anilines is 2. The van der Waals surface area contributed by atoms with Crippen molar-refractivity contribution < 1.29 is 27.5 Å². The van der Waals surface area contributed by atoms with Gasteiger partial charge in [-0.3, -0.25) is 14.0 Å². The van der Waals surface area contributed by atoms with Crippen molar-refractivity contribution in [2.45, 2.75) is 29.4 Å². The fourth-order valence-electron chi connectivity index (χ4n) is 3.96. The molecule has 1 aromatic carbocycles. The maximum atomic E-state index is 13.4. The summed E-state index contributed by atoms with van der Waals surface area (Å²) in [7, 11) is 2.98. The Morgan fingerprint density at radius 2 is 2.13 bits per heavy atom. The minimum Gasteiger partial charge on any atom is -0.495 e. The third kappa shape index (κ3) is 6.44. The van der Waals surface area contributed by atoms with Gasteiger partial charge in [0.05, 0.1) is 25.0 Å². The summed E-state index contributed by atoms with van der Waals surface area (Å²) in [4.78, 5) is 28.0. The molecule has 1 saturated heterocycles. The Balaban J connectivity index is 1.59. The summed E-state index contributed by atoms with van der Waals surface area (Å²) < 4.78 is 46.9. The molecule has 3 heterocycles. The minimum atomic E-state index is -4.55. The van der Waals surface area contributed by atoms with Crippen LogP contribution in [-0.4, -0.2) is 60.0 Å². The number of ether oxygens (including phenoxy) is 1. The minimum absolute atomic E-state index is 0.0216. The van der Waals surface area contributed by atoms with Gasteiger partial charge in [0.25, 0.3) is 5.91 Å². The molecule has 3 aromatic rings. The molecule has 2 aromatic heterocycles. The van der Waals surface area contributed by atoms with Gasteiger partial charge in [0.15, 0.2) is 5.65 Å². The molecular formula is C25H25F3N6O3S. The van der Waals surface area contributed by atoms with Gasteiger partial charge in [0.2, 0.25) is 5.91 Å². The van der Waals surface area contributed by atoms with E-state index in [2.05, 4.69) is 38.1 Å². The molecule has 4 N–H and O–H groups in total. The molecule has 0 radical (unpaired) electrons. The summed E-state index contributed by atoms with van der Waals surface area (Å²) in [5, 5.41) is 11.4. The second-order valence-electron chi connectivity index (χ2n) is 8.26. The highest BCUT2D eigenvalue weighted by Crippen LogP contribution is 2.39. The summed E-state index contributed by atoms with van der Waals surface area (Å²) >= 11 is -0.287. The number of halogens is 3. The van der Waals surface area contributed by atoms with Crippen LogP contribution in [0.5, 0.6) is 5.75 Å². The molecule has 200 valence electrons. The highest BCUT2D eigenvalue weighted by Gasteiger charge is 2.33. The summed E-state index contributed by atoms with van der Waals surface area (Å²) in [5.41, 5.74) is -2.78. The van der Waals surface area contributed by atoms with E-state index in [1.54, 1.807) is 30.3 Å². The molecule has 1 atom stereocenters. The lowest BCUT2D eigenvalue weighted by atomic mass is 10.1. The van der Waals surface area contributed by atoms with Gasteiger partial charge in [0.1, 0.15) is 16.5 Å². The molecule has 9 nitrogen and oxygen atoms in total. The van der Waals surface area contributed by atoms with Gasteiger partial charge in [-0.05, 0) is 42.7 Å². The van der Waals surface area contributed by atoms with E-state index in [0.717, 1.165) is 0 Å². The van der Waals surface area contributed by atoms with Crippen LogP contribution in [0.4, 0.5) is 24.5 Å². The first-order chi connectivity index (χ1) is 18.2. The van der Waals surface area contributed by atoms with Crippen molar-refractivity contribution in [3.63, 3.8) is 0 Å². The average Bonchev–Trinajstić information content (AvgIpc) is 3.22. The fourth-order valence-corrected chi connectivity index (χ4v) is 4.62. The summed E-state index contributed by atoms with van der Waals surface area (Å²) in [5.74, 6) is 5.63. The second-order valence-corrected chi connectivity index (χ2v) is 9.32. The van der Waals surface area contributed by atoms with Gasteiger partial charge in [0, 0.05) is 49.6 Å². The third-order valence-corrected chi connectivity index (χ3v) is 6.50. The number of amides is 2. The molecule has 1 aliphatic heterocycles. The topological polar surface area (TPSA) is 109 Å². The number of hydrogen-bond donors (Lipinski definition) is 4. The molecule has 0 spiro atoms. The van der Waals surface area contributed by atoms with E-state index in [9.17, 15) is 22.8 Å². The maximum Gasteiger partial charge on any atom is 0.447 e. The number of rotatable bonds is 7. The number of nitrogens with one attached hydrogen (secondary N) is 4. The molecule has 2 amide bonds. The number of benzene rings is 1. The number of methoxy groups -OCH3 is 1. The van der Waals surface area contributed by atoms with Crippen LogP contribution in [0.25, 0.3) is 5.65 Å². The molecule has 1 aliphatic rings. The van der Waals surface area contributed by atoms with Gasteiger partial charge in [-0.1, -0.05) is 5.92 Å². The van der Waals surface area contributed by atoms with Crippen LogP contribution in [0.1, 0.15) is 28.9 Å². The molecule has 0 aliphatic carbocycles. The van der Waals surface area contributed by atoms with Gasteiger partial charge >= 0.3 is 5.51 Å². The highest BCUT2D eigenvalue weighted by atomic mass is 32.2. The zero-order valence-electron chi connectivity index (χ0n) is 20.5. The average molecular weight is 547 g/mol. The van der Waals surface area contributed by atoms with Crippen molar-refractivity contribution >= 4 is 40.6 Å². The first-order valence-electron chi connectivity index (χ1n) is 11.6. The van der Waals surface area contributed by atoms with E-state index in [1.807, 2.05) is 0 Å². The Kier molecular flexibility index (Phi) is 8.21. The summed E-state index contributed by atoms with van der Waals surface area (Å²) in [6, 6.07) is 8.01. The van der Waals surface area contributed by atoms with Crippen molar-refractivity contribution in [1.82, 2.24) is 20.0 Å². The molecule has 0 saturated carbocycles. The molecule has 4 rings (SSSR count). The van der Waals surface area contributed by atoms with Crippen molar-refractivity contribution in [3.8, 4) is 17.6 Å². The Morgan fingerprint density at radius 1 is 1.32 bits per heavy atom. The fraction of sp³-hybridized carbons (Fsp3) is 0.320. The number of carbonyl (C=O) groups excluding carboxylic acids is 2. The SMILES string of the molecule is CNC(=O)c1ccc(NCC#Cc2nc3c(N[C@@H]4CCNC(=O)C4)cccn3c2SC(F)(F)F)c(OC)c1. The first-order valence-corrected chi connectivity index (χ1v) is 12.4. The molecule has 38 heavy (non-hydrogen) atoms. The van der Waals surface area contributed by atoms with Crippen LogP contribution in [0.2, 0.25) is 0 Å². The Bertz CT molecular complexity index is 1410. The number of imidazole rings is 1. The largest absolute Gasteiger partial charge is 0.495 e. The van der Waals surface area contributed by atoms with E-state index < -0.39 is 5.51 Å². The zero-order valence-corrected chi connectivity index (χ0v) is 21.3. The van der Waals surface area contributed by atoms with E-state index in [4.69, 9.17) is 4.74 Å². The number of fused-ring (bicyclic) bond motifs is 1. The number of alkyl halides is 3. The number of hydrogen-bond acceptors (Lipinski definition) is 7. The molecule has 13 heteroatoms. The lowest BCUT2D eigenvalue weighted by Gasteiger charge is -2.24. The second kappa shape index (κ2) is 11.6. The smallest absolute Gasteiger partial charge is 0.447 e. The van der Waals surface area contributed by atoms with Gasteiger partial charge in [-0.15, -0.1) is 0 Å².